The summed E-state index contributed by atoms with van der Waals surface area (Å²) < 4.78 is 29.8. The van der Waals surface area contributed by atoms with E-state index in [4.69, 9.17) is 4.74 Å². The average Bonchev–Trinajstić information content (AvgIpc) is 3.32. The van der Waals surface area contributed by atoms with Crippen LogP contribution in [0.1, 0.15) is 26.5 Å². The van der Waals surface area contributed by atoms with Crippen LogP contribution in [0.4, 0.5) is 5.69 Å². The highest BCUT2D eigenvalue weighted by Crippen LogP contribution is 2.26. The molecule has 0 unspecified atom stereocenters. The van der Waals surface area contributed by atoms with Crippen LogP contribution in [0, 0.1) is 12.8 Å². The molecule has 10 heteroatoms. The molecule has 0 radical (unpaired) electrons. The second-order valence-corrected chi connectivity index (χ2v) is 10.5. The van der Waals surface area contributed by atoms with E-state index in [9.17, 15) is 22.8 Å². The minimum atomic E-state index is -3.26. The molecule has 8 nitrogen and oxygen atoms in total. The smallest absolute Gasteiger partial charge is 0.311 e. The van der Waals surface area contributed by atoms with Gasteiger partial charge in [-0.1, -0.05) is 17.7 Å². The van der Waals surface area contributed by atoms with Crippen LogP contribution in [0.2, 0.25) is 0 Å². The molecule has 1 amide bonds. The number of aryl methyl sites for hydroxylation is 1. The summed E-state index contributed by atoms with van der Waals surface area (Å²) in [5, 5.41) is 0. The summed E-state index contributed by atoms with van der Waals surface area (Å²) in [5.74, 6) is -1.66. The number of carbonyl (C=O) groups is 3. The highest BCUT2D eigenvalue weighted by molar-refractivity contribution is 7.88. The fourth-order valence-corrected chi connectivity index (χ4v) is 4.59. The Morgan fingerprint density at radius 3 is 2.58 bits per heavy atom. The highest BCUT2D eigenvalue weighted by atomic mass is 32.2. The van der Waals surface area contributed by atoms with Gasteiger partial charge in [0.05, 0.1) is 17.1 Å². The second kappa shape index (κ2) is 9.71. The topological polar surface area (TPSA) is 110 Å². The number of carbonyl (C=O) groups excluding carboxylic acids is 3. The molecule has 0 aliphatic carbocycles. The second-order valence-electron chi connectivity index (χ2n) is 7.45. The number of hydrogen-bond donors (Lipinski definition) is 1. The third-order valence-electron chi connectivity index (χ3n) is 4.82. The summed E-state index contributed by atoms with van der Waals surface area (Å²) >= 11 is 1.24. The molecule has 166 valence electrons. The van der Waals surface area contributed by atoms with Crippen molar-refractivity contribution in [2.45, 2.75) is 19.8 Å². The number of anilines is 1. The van der Waals surface area contributed by atoms with Gasteiger partial charge in [0.2, 0.25) is 21.7 Å². The van der Waals surface area contributed by atoms with Gasteiger partial charge in [-0.3, -0.25) is 14.4 Å². The molecule has 31 heavy (non-hydrogen) atoms. The molecular weight excluding hydrogens is 440 g/mol. The molecule has 2 heterocycles. The zero-order valence-electron chi connectivity index (χ0n) is 17.3. The average molecular weight is 465 g/mol. The molecular formula is C21H24N2O6S2. The molecule has 0 bridgehead atoms. The van der Waals surface area contributed by atoms with Gasteiger partial charge in [0.15, 0.2) is 6.61 Å². The van der Waals surface area contributed by atoms with Crippen molar-refractivity contribution in [3.8, 4) is 0 Å². The van der Waals surface area contributed by atoms with Crippen LogP contribution in [0.15, 0.2) is 36.4 Å². The third kappa shape index (κ3) is 6.46. The third-order valence-corrected chi connectivity index (χ3v) is 6.74. The van der Waals surface area contributed by atoms with E-state index in [1.54, 1.807) is 17.0 Å². The molecule has 1 aromatic heterocycles. The maximum Gasteiger partial charge on any atom is 0.311 e. The first kappa shape index (κ1) is 23.1. The van der Waals surface area contributed by atoms with Crippen LogP contribution in [0.25, 0.3) is 0 Å². The predicted molar refractivity (Wildman–Crippen MR) is 118 cm³/mol. The molecule has 1 saturated heterocycles. The van der Waals surface area contributed by atoms with Gasteiger partial charge >= 0.3 is 5.97 Å². The van der Waals surface area contributed by atoms with Crippen molar-refractivity contribution in [2.75, 3.05) is 30.9 Å². The van der Waals surface area contributed by atoms with Crippen LogP contribution in [-0.4, -0.2) is 52.0 Å². The van der Waals surface area contributed by atoms with Crippen molar-refractivity contribution in [3.05, 3.63) is 51.7 Å². The highest BCUT2D eigenvalue weighted by Gasteiger charge is 2.36. The Morgan fingerprint density at radius 2 is 1.90 bits per heavy atom. The van der Waals surface area contributed by atoms with Crippen LogP contribution in [-0.2, 0) is 30.8 Å². The van der Waals surface area contributed by atoms with Crippen molar-refractivity contribution in [1.82, 2.24) is 4.72 Å². The molecule has 1 aromatic carbocycles. The van der Waals surface area contributed by atoms with Crippen molar-refractivity contribution in [1.29, 1.82) is 0 Å². The number of nitrogens with zero attached hydrogens (tertiary/aromatic N) is 1. The first-order valence-corrected chi connectivity index (χ1v) is 12.4. The summed E-state index contributed by atoms with van der Waals surface area (Å²) in [7, 11) is -3.26. The summed E-state index contributed by atoms with van der Waals surface area (Å²) in [5.41, 5.74) is 1.81. The van der Waals surface area contributed by atoms with Crippen LogP contribution < -0.4 is 9.62 Å². The molecule has 0 saturated carbocycles. The lowest BCUT2D eigenvalue weighted by atomic mass is 10.1. The van der Waals surface area contributed by atoms with E-state index in [1.165, 1.54) is 11.3 Å². The molecule has 1 atom stereocenters. The summed E-state index contributed by atoms with van der Waals surface area (Å²) in [6, 6.07) is 10.9. The van der Waals surface area contributed by atoms with E-state index in [2.05, 4.69) is 4.72 Å². The number of thiophene rings is 1. The Kier molecular flexibility index (Phi) is 7.24. The van der Waals surface area contributed by atoms with Gasteiger partial charge in [0.1, 0.15) is 0 Å². The number of esters is 1. The summed E-state index contributed by atoms with van der Waals surface area (Å²) in [6.07, 6.45) is 1.60. The van der Waals surface area contributed by atoms with Gasteiger partial charge in [-0.25, -0.2) is 13.1 Å². The Morgan fingerprint density at radius 1 is 1.19 bits per heavy atom. The number of benzene rings is 1. The Hall–Kier alpha value is -2.56. The fourth-order valence-electron chi connectivity index (χ4n) is 3.19. The van der Waals surface area contributed by atoms with Crippen molar-refractivity contribution < 1.29 is 27.5 Å². The van der Waals surface area contributed by atoms with Gasteiger partial charge < -0.3 is 9.64 Å². The van der Waals surface area contributed by atoms with Crippen molar-refractivity contribution in [3.63, 3.8) is 0 Å². The molecule has 0 spiro atoms. The van der Waals surface area contributed by atoms with Crippen LogP contribution >= 0.6 is 11.3 Å². The number of amides is 1. The van der Waals surface area contributed by atoms with Gasteiger partial charge in [0.25, 0.3) is 0 Å². The maximum atomic E-state index is 12.4. The molecule has 1 N–H and O–H groups in total. The van der Waals surface area contributed by atoms with E-state index in [1.807, 2.05) is 31.2 Å². The number of ether oxygens (including phenoxy) is 1. The largest absolute Gasteiger partial charge is 0.457 e. The SMILES string of the molecule is Cc1ccc(N2C[C@@H](C(=O)OCC(=O)c3ccc(CCNS(C)(=O)=O)s3)CC2=O)cc1. The van der Waals surface area contributed by atoms with Gasteiger partial charge in [-0.15, -0.1) is 11.3 Å². The van der Waals surface area contributed by atoms with Crippen LogP contribution in [0.5, 0.6) is 0 Å². The predicted octanol–water partition coefficient (Wildman–Crippen LogP) is 1.93. The summed E-state index contributed by atoms with van der Waals surface area (Å²) in [6.45, 7) is 2.03. The number of nitrogens with one attached hydrogen (secondary N) is 1. The van der Waals surface area contributed by atoms with Crippen molar-refractivity contribution >= 4 is 44.7 Å². The number of rotatable bonds is 9. The molecule has 1 aliphatic rings. The van der Waals surface area contributed by atoms with Gasteiger partial charge in [0, 0.05) is 30.1 Å². The lowest BCUT2D eigenvalue weighted by Crippen LogP contribution is -2.27. The molecule has 1 aliphatic heterocycles. The van der Waals surface area contributed by atoms with E-state index in [0.717, 1.165) is 22.4 Å². The quantitative estimate of drug-likeness (QED) is 0.449. The fraction of sp³-hybridized carbons (Fsp3) is 0.381. The van der Waals surface area contributed by atoms with Gasteiger partial charge in [-0.05, 0) is 37.6 Å². The van der Waals surface area contributed by atoms with E-state index in [0.29, 0.717) is 11.3 Å². The normalized spacial score (nSPS) is 16.5. The van der Waals surface area contributed by atoms with E-state index in [-0.39, 0.29) is 31.2 Å². The summed E-state index contributed by atoms with van der Waals surface area (Å²) in [4.78, 5) is 39.9. The monoisotopic (exact) mass is 464 g/mol. The number of Topliss-reactive ketones (excluding diaryl/α,β-unsaturated/α-hetero) is 1. The molecule has 2 aromatic rings. The first-order valence-electron chi connectivity index (χ1n) is 9.72. The Balaban J connectivity index is 1.49. The van der Waals surface area contributed by atoms with E-state index >= 15 is 0 Å². The number of hydrogen-bond acceptors (Lipinski definition) is 7. The zero-order chi connectivity index (χ0) is 22.6. The van der Waals surface area contributed by atoms with E-state index < -0.39 is 28.5 Å². The zero-order valence-corrected chi connectivity index (χ0v) is 18.9. The van der Waals surface area contributed by atoms with Crippen LogP contribution in [0.3, 0.4) is 0 Å². The molecule has 1 fully saturated rings. The standard InChI is InChI=1S/C21H24N2O6S2/c1-14-3-5-16(6-4-14)23-12-15(11-20(23)25)21(26)29-13-18(24)19-8-7-17(30-19)9-10-22-31(2,27)28/h3-8,15,22H,9-13H2,1-2H3/t15-/m0/s1. The lowest BCUT2D eigenvalue weighted by molar-refractivity contribution is -0.147. The number of ketones is 1. The Labute approximate surface area is 185 Å². The minimum absolute atomic E-state index is 0.0530. The molecule has 3 rings (SSSR count). The number of sulfonamides is 1. The van der Waals surface area contributed by atoms with Crippen molar-refractivity contribution in [2.24, 2.45) is 5.92 Å². The maximum absolute atomic E-state index is 12.4. The first-order chi connectivity index (χ1) is 14.6. The Bertz CT molecular complexity index is 1080. The van der Waals surface area contributed by atoms with Gasteiger partial charge in [-0.2, -0.15) is 0 Å². The minimum Gasteiger partial charge on any atom is -0.457 e. The lowest BCUT2D eigenvalue weighted by Gasteiger charge is -2.16.